The molecule has 0 aromatic carbocycles. The van der Waals surface area contributed by atoms with Gasteiger partial charge in [-0.2, -0.15) is 4.68 Å². The lowest BCUT2D eigenvalue weighted by Gasteiger charge is -2.36. The first-order chi connectivity index (χ1) is 9.45. The Morgan fingerprint density at radius 1 is 1.29 bits per heavy atom. The van der Waals surface area contributed by atoms with Crippen molar-refractivity contribution in [2.24, 2.45) is 0 Å². The monoisotopic (exact) mass is 316 g/mol. The van der Waals surface area contributed by atoms with Crippen molar-refractivity contribution >= 4 is 19.8 Å². The number of aromatic nitrogens is 2. The summed E-state index contributed by atoms with van der Waals surface area (Å²) in [6, 6.07) is 0. The zero-order chi connectivity index (χ0) is 16.4. The standard InChI is InChI=1S/C11H20N4O5Si/c1-11(2,3)21(4,5)20-7-6-13-8-9(14(16)17)10(12-13)15(18)19/h8H,6-7H2,1-5H3. The summed E-state index contributed by atoms with van der Waals surface area (Å²) in [4.78, 5) is 19.8. The van der Waals surface area contributed by atoms with Crippen LogP contribution in [0.25, 0.3) is 0 Å². The van der Waals surface area contributed by atoms with Gasteiger partial charge < -0.3 is 14.5 Å². The van der Waals surface area contributed by atoms with Crippen LogP contribution < -0.4 is 0 Å². The maximum Gasteiger partial charge on any atom is 0.467 e. The number of hydrogen-bond donors (Lipinski definition) is 0. The van der Waals surface area contributed by atoms with E-state index in [1.807, 2.05) is 0 Å². The molecule has 10 heteroatoms. The molecule has 1 heterocycles. The maximum absolute atomic E-state index is 10.7. The molecule has 0 saturated heterocycles. The van der Waals surface area contributed by atoms with Gasteiger partial charge in [0.05, 0.1) is 23.2 Å². The second-order valence-electron chi connectivity index (χ2n) is 6.22. The fourth-order valence-electron chi connectivity index (χ4n) is 1.38. The Kier molecular flexibility index (Phi) is 4.84. The molecule has 0 aliphatic heterocycles. The van der Waals surface area contributed by atoms with Gasteiger partial charge in [-0.15, -0.1) is 0 Å². The Hall–Kier alpha value is -1.81. The van der Waals surface area contributed by atoms with E-state index in [0.29, 0.717) is 6.61 Å². The van der Waals surface area contributed by atoms with E-state index in [9.17, 15) is 20.2 Å². The normalized spacial score (nSPS) is 12.4. The van der Waals surface area contributed by atoms with Crippen LogP contribution in [0.4, 0.5) is 11.5 Å². The molecule has 1 rings (SSSR count). The van der Waals surface area contributed by atoms with Gasteiger partial charge in [-0.05, 0) is 23.1 Å². The van der Waals surface area contributed by atoms with E-state index >= 15 is 0 Å². The number of hydrogen-bond acceptors (Lipinski definition) is 6. The summed E-state index contributed by atoms with van der Waals surface area (Å²) in [6.07, 6.45) is 1.06. The SMILES string of the molecule is CC(C)(C)[Si](C)(C)OCCn1cc([N+](=O)[O-])c([N+](=O)[O-])n1. The quantitative estimate of drug-likeness (QED) is 0.453. The molecular formula is C11H20N4O5Si. The van der Waals surface area contributed by atoms with E-state index in [1.165, 1.54) is 4.68 Å². The number of nitrogens with zero attached hydrogens (tertiary/aromatic N) is 4. The molecule has 1 aromatic heterocycles. The Morgan fingerprint density at radius 2 is 1.86 bits per heavy atom. The Bertz CT molecular complexity index is 518. The van der Waals surface area contributed by atoms with E-state index in [1.54, 1.807) is 0 Å². The molecule has 9 nitrogen and oxygen atoms in total. The van der Waals surface area contributed by atoms with Crippen molar-refractivity contribution in [1.29, 1.82) is 0 Å². The molecule has 0 unspecified atom stereocenters. The first kappa shape index (κ1) is 17.2. The third-order valence-electron chi connectivity index (χ3n) is 3.68. The molecule has 0 bridgehead atoms. The van der Waals surface area contributed by atoms with Crippen LogP contribution in [0.15, 0.2) is 6.20 Å². The summed E-state index contributed by atoms with van der Waals surface area (Å²) in [6.45, 7) is 11.0. The van der Waals surface area contributed by atoms with Gasteiger partial charge >= 0.3 is 11.5 Å². The van der Waals surface area contributed by atoms with Gasteiger partial charge in [0.15, 0.2) is 8.32 Å². The highest BCUT2D eigenvalue weighted by atomic mass is 28.4. The van der Waals surface area contributed by atoms with E-state index in [0.717, 1.165) is 6.20 Å². The molecule has 21 heavy (non-hydrogen) atoms. The summed E-state index contributed by atoms with van der Waals surface area (Å²) in [7, 11) is -1.92. The third-order valence-corrected chi connectivity index (χ3v) is 8.22. The molecular weight excluding hydrogens is 296 g/mol. The molecule has 0 saturated carbocycles. The summed E-state index contributed by atoms with van der Waals surface area (Å²) in [5.74, 6) is -0.743. The molecule has 0 fully saturated rings. The number of nitro groups is 2. The highest BCUT2D eigenvalue weighted by Gasteiger charge is 2.37. The Labute approximate surface area is 123 Å². The van der Waals surface area contributed by atoms with Crippen molar-refractivity contribution in [3.63, 3.8) is 0 Å². The van der Waals surface area contributed by atoms with Gasteiger partial charge in [-0.25, -0.2) is 0 Å². The van der Waals surface area contributed by atoms with Gasteiger partial charge in [-0.3, -0.25) is 10.1 Å². The zero-order valence-electron chi connectivity index (χ0n) is 12.8. The summed E-state index contributed by atoms with van der Waals surface area (Å²) in [5.41, 5.74) is -0.604. The van der Waals surface area contributed by atoms with Crippen LogP contribution in [0.1, 0.15) is 20.8 Å². The van der Waals surface area contributed by atoms with Crippen molar-refractivity contribution in [2.45, 2.75) is 45.4 Å². The summed E-state index contributed by atoms with van der Waals surface area (Å²) in [5, 5.41) is 25.1. The van der Waals surface area contributed by atoms with Gasteiger partial charge in [0.2, 0.25) is 0 Å². The fraction of sp³-hybridized carbons (Fsp3) is 0.727. The summed E-state index contributed by atoms with van der Waals surface area (Å²) < 4.78 is 7.09. The molecule has 118 valence electrons. The second kappa shape index (κ2) is 5.90. The largest absolute Gasteiger partial charge is 0.467 e. The van der Waals surface area contributed by atoms with Crippen molar-refractivity contribution in [2.75, 3.05) is 6.61 Å². The van der Waals surface area contributed by atoms with Crippen LogP contribution in [0.5, 0.6) is 0 Å². The minimum absolute atomic E-state index is 0.0507. The predicted octanol–water partition coefficient (Wildman–Crippen LogP) is 2.72. The summed E-state index contributed by atoms with van der Waals surface area (Å²) >= 11 is 0. The van der Waals surface area contributed by atoms with E-state index in [2.05, 4.69) is 39.0 Å². The average molecular weight is 316 g/mol. The highest BCUT2D eigenvalue weighted by Crippen LogP contribution is 2.36. The van der Waals surface area contributed by atoms with Crippen molar-refractivity contribution in [3.05, 3.63) is 26.4 Å². The second-order valence-corrected chi connectivity index (χ2v) is 11.0. The first-order valence-electron chi connectivity index (χ1n) is 6.46. The van der Waals surface area contributed by atoms with E-state index < -0.39 is 29.7 Å². The molecule has 0 spiro atoms. The maximum atomic E-state index is 10.7. The van der Waals surface area contributed by atoms with Crippen LogP contribution in [-0.4, -0.2) is 34.6 Å². The first-order valence-corrected chi connectivity index (χ1v) is 9.37. The van der Waals surface area contributed by atoms with Crippen LogP contribution >= 0.6 is 0 Å². The predicted molar refractivity (Wildman–Crippen MR) is 78.7 cm³/mol. The molecule has 0 aliphatic carbocycles. The lowest BCUT2D eigenvalue weighted by molar-refractivity contribution is -0.424. The van der Waals surface area contributed by atoms with Crippen molar-refractivity contribution in [1.82, 2.24) is 9.78 Å². The van der Waals surface area contributed by atoms with E-state index in [4.69, 9.17) is 4.43 Å². The molecule has 1 aromatic rings. The van der Waals surface area contributed by atoms with Crippen molar-refractivity contribution < 1.29 is 14.3 Å². The highest BCUT2D eigenvalue weighted by molar-refractivity contribution is 6.74. The van der Waals surface area contributed by atoms with Crippen LogP contribution in [-0.2, 0) is 11.0 Å². The van der Waals surface area contributed by atoms with Gasteiger partial charge in [-0.1, -0.05) is 20.8 Å². The average Bonchev–Trinajstić information content (AvgIpc) is 2.71. The van der Waals surface area contributed by atoms with Crippen LogP contribution in [0.2, 0.25) is 18.1 Å². The van der Waals surface area contributed by atoms with Crippen LogP contribution in [0, 0.1) is 20.2 Å². The Balaban J connectivity index is 2.76. The molecule has 0 radical (unpaired) electrons. The van der Waals surface area contributed by atoms with Gasteiger partial charge in [0.25, 0.3) is 0 Å². The van der Waals surface area contributed by atoms with Crippen molar-refractivity contribution in [3.8, 4) is 0 Å². The van der Waals surface area contributed by atoms with Gasteiger partial charge in [0.1, 0.15) is 6.20 Å². The zero-order valence-corrected chi connectivity index (χ0v) is 13.8. The van der Waals surface area contributed by atoms with Crippen LogP contribution in [0.3, 0.4) is 0 Å². The molecule has 0 amide bonds. The lowest BCUT2D eigenvalue weighted by Crippen LogP contribution is -2.41. The minimum atomic E-state index is -1.92. The Morgan fingerprint density at radius 3 is 2.24 bits per heavy atom. The molecule has 0 atom stereocenters. The number of rotatable bonds is 6. The van der Waals surface area contributed by atoms with E-state index in [-0.39, 0.29) is 11.6 Å². The lowest BCUT2D eigenvalue weighted by atomic mass is 10.2. The molecule has 0 aliphatic rings. The van der Waals surface area contributed by atoms with Gasteiger partial charge in [0, 0.05) is 0 Å². The third kappa shape index (κ3) is 4.08. The fourth-order valence-corrected chi connectivity index (χ4v) is 2.42. The smallest absolute Gasteiger partial charge is 0.415 e. The molecule has 0 N–H and O–H groups in total. The minimum Gasteiger partial charge on any atom is -0.415 e. The topological polar surface area (TPSA) is 113 Å².